The molecule has 0 saturated heterocycles. The molecule has 12 rings (SSSR count). The van der Waals surface area contributed by atoms with Crippen LogP contribution in [0, 0.1) is 46.3 Å². The predicted molar refractivity (Wildman–Crippen MR) is 326 cm³/mol. The van der Waals surface area contributed by atoms with E-state index >= 15 is 0 Å². The lowest BCUT2D eigenvalue weighted by Crippen LogP contribution is -2.82. The number of hydrogen-bond donors (Lipinski definition) is 9. The topological polar surface area (TPSA) is 296 Å². The molecule has 0 unspecified atom stereocenters. The number of carbonyl (C=O) groups excluding carboxylic acids is 8. The van der Waals surface area contributed by atoms with Gasteiger partial charge in [-0.2, -0.15) is 0 Å². The van der Waals surface area contributed by atoms with E-state index in [9.17, 15) is 38.4 Å². The van der Waals surface area contributed by atoms with Crippen molar-refractivity contribution < 1.29 is 62.3 Å². The van der Waals surface area contributed by atoms with Crippen molar-refractivity contribution in [3.8, 4) is 0 Å². The molecule has 8 saturated carbocycles. The van der Waals surface area contributed by atoms with Gasteiger partial charge >= 0.3 is 30.1 Å². The molecule has 87 heavy (non-hydrogen) atoms. The number of alkyl carbamates (subject to hydrolysis) is 2. The fraction of sp³-hybridized carbons (Fsp3) is 0.662. The van der Waals surface area contributed by atoms with Crippen LogP contribution in [-0.4, -0.2) is 136 Å². The summed E-state index contributed by atoms with van der Waals surface area (Å²) >= 11 is 0. The quantitative estimate of drug-likeness (QED) is 0.0562. The van der Waals surface area contributed by atoms with E-state index in [1.165, 1.54) is 38.5 Å². The summed E-state index contributed by atoms with van der Waals surface area (Å²) in [4.78, 5) is 109. The fourth-order valence-corrected chi connectivity index (χ4v) is 15.2. The minimum absolute atomic E-state index is 0. The smallest absolute Gasteiger partial charge is 0.407 e. The third-order valence-electron chi connectivity index (χ3n) is 18.2. The molecule has 2 heterocycles. The highest BCUT2D eigenvalue weighted by Crippen LogP contribution is 2.61. The van der Waals surface area contributed by atoms with Crippen LogP contribution >= 0.6 is 0 Å². The second-order valence-corrected chi connectivity index (χ2v) is 26.4. The lowest BCUT2D eigenvalue weighted by molar-refractivity contribution is -0.466. The lowest BCUT2D eigenvalue weighted by Gasteiger charge is -2.56. The predicted octanol–water partition coefficient (Wildman–Crippen LogP) is 4.87. The number of rotatable bonds is 22. The molecule has 2 aliphatic heterocycles. The number of ether oxygens (including phenoxy) is 4. The summed E-state index contributed by atoms with van der Waals surface area (Å²) in [5.74, 6) is 3.37. The van der Waals surface area contributed by atoms with Crippen molar-refractivity contribution in [2.24, 2.45) is 51.3 Å². The number of esters is 2. The number of nitrogens with zero attached hydrogens (tertiary/aromatic N) is 1. The van der Waals surface area contributed by atoms with E-state index < -0.39 is 42.1 Å². The van der Waals surface area contributed by atoms with Crippen LogP contribution in [0.2, 0.25) is 0 Å². The second kappa shape index (κ2) is 30.6. The van der Waals surface area contributed by atoms with Gasteiger partial charge in [0.15, 0.2) is 5.96 Å². The first-order valence-electron chi connectivity index (χ1n) is 31.6. The molecule has 2 aromatic rings. The summed E-state index contributed by atoms with van der Waals surface area (Å²) in [6, 6.07) is 11.7. The number of carbonyl (C=O) groups is 8. The maximum atomic E-state index is 12.9. The summed E-state index contributed by atoms with van der Waals surface area (Å²) < 4.78 is 22.1. The molecule has 8 aliphatic carbocycles. The van der Waals surface area contributed by atoms with Gasteiger partial charge in [-0.05, 0) is 195 Å². The Balaban J connectivity index is 0.000000223. The van der Waals surface area contributed by atoms with E-state index in [4.69, 9.17) is 18.9 Å². The number of hydrogen-bond acceptors (Lipinski definition) is 15. The third kappa shape index (κ3) is 19.4. The molecule has 22 nitrogen and oxygen atoms in total. The molecular formula is C65H95N10O12+. The standard InChI is InChI=1S/2C32H45N5O6.CH4/c2*1-20(2)43-29(40)26(36-31(41)42-19-32-15-22-12-23(16-32)14-24(13-22)17-32)18-35-28(39)25-7-4-21(5-8-25)6-9-27(38)37-30-33-10-3-11-34-30;/h2*4-5,7-8,20,22-24,26H,3,6,9-19H2,1-2H3,(H,35,39)(H,36,41)(H2,33,34,37,38);1H4/p+1/t2*22?,23?,24?,26-,32?;/m00./s1. The van der Waals surface area contributed by atoms with Crippen molar-refractivity contribution >= 4 is 59.7 Å². The molecule has 476 valence electrons. The highest BCUT2D eigenvalue weighted by Gasteiger charge is 2.53. The van der Waals surface area contributed by atoms with Crippen LogP contribution in [0.25, 0.3) is 0 Å². The Morgan fingerprint density at radius 1 is 0.563 bits per heavy atom. The molecule has 0 spiro atoms. The molecule has 0 aromatic heterocycles. The van der Waals surface area contributed by atoms with Crippen LogP contribution in [0.5, 0.6) is 0 Å². The zero-order valence-corrected chi connectivity index (χ0v) is 50.6. The van der Waals surface area contributed by atoms with E-state index in [1.54, 1.807) is 76.2 Å². The number of amides is 6. The maximum Gasteiger partial charge on any atom is 0.407 e. The van der Waals surface area contributed by atoms with Crippen LogP contribution < -0.4 is 47.5 Å². The van der Waals surface area contributed by atoms with E-state index in [0.717, 1.165) is 118 Å². The van der Waals surface area contributed by atoms with Gasteiger partial charge in [0.25, 0.3) is 17.7 Å². The van der Waals surface area contributed by atoms with E-state index in [0.29, 0.717) is 62.1 Å². The second-order valence-electron chi connectivity index (χ2n) is 26.4. The molecular weight excluding hydrogens is 1110 g/mol. The minimum atomic E-state index is -1.09. The molecule has 0 radical (unpaired) electrons. The first-order chi connectivity index (χ1) is 41.3. The van der Waals surface area contributed by atoms with Crippen molar-refractivity contribution in [2.45, 2.75) is 175 Å². The van der Waals surface area contributed by atoms with Gasteiger partial charge in [-0.1, -0.05) is 31.7 Å². The molecule has 22 heteroatoms. The van der Waals surface area contributed by atoms with Crippen molar-refractivity contribution in [1.29, 1.82) is 0 Å². The SMILES string of the molecule is C.CC(C)OC(=O)[C@H](CNC(=O)c1ccc(CCC(=O)NC2=NCCCN2)cc1)NC(=O)OCC12CC3CC(CC(C3)C1)C2.CC(C)OC(=O)[C@H](CNC(=O)c1ccc(CCC(=O)NC2=[NH+]CCCN2)cc1)NC(=O)OCC12CC3CC(CC(C3)C1)C2. The van der Waals surface area contributed by atoms with Gasteiger partial charge < -0.3 is 45.5 Å². The molecule has 10 aliphatic rings. The van der Waals surface area contributed by atoms with Gasteiger partial charge in [0.05, 0.1) is 38.5 Å². The van der Waals surface area contributed by atoms with Crippen LogP contribution in [-0.2, 0) is 51.0 Å². The van der Waals surface area contributed by atoms with Crippen molar-refractivity contribution in [2.75, 3.05) is 52.5 Å². The maximum absolute atomic E-state index is 12.9. The number of benzene rings is 2. The minimum Gasteiger partial charge on any atom is -0.461 e. The molecule has 8 fully saturated rings. The van der Waals surface area contributed by atoms with Gasteiger partial charge in [0.1, 0.15) is 12.1 Å². The Hall–Kier alpha value is -7.26. The first kappa shape index (κ1) is 65.7. The Morgan fingerprint density at radius 3 is 1.33 bits per heavy atom. The number of guanidine groups is 2. The van der Waals surface area contributed by atoms with Gasteiger partial charge in [0, 0.05) is 67.4 Å². The average Bonchev–Trinajstić information content (AvgIpc) is 0.982. The lowest BCUT2D eigenvalue weighted by atomic mass is 9.50. The normalized spacial score (nSPS) is 25.8. The van der Waals surface area contributed by atoms with E-state index in [1.807, 2.05) is 0 Å². The van der Waals surface area contributed by atoms with Crippen molar-refractivity contribution in [1.82, 2.24) is 42.5 Å². The third-order valence-corrected chi connectivity index (χ3v) is 18.2. The van der Waals surface area contributed by atoms with Gasteiger partial charge in [-0.3, -0.25) is 39.8 Å². The summed E-state index contributed by atoms with van der Waals surface area (Å²) in [6.07, 6.45) is 16.0. The number of aliphatic imine (C=N–C) groups is 1. The Kier molecular flexibility index (Phi) is 23.1. The highest BCUT2D eigenvalue weighted by atomic mass is 16.6. The van der Waals surface area contributed by atoms with Gasteiger partial charge in [-0.25, -0.2) is 24.5 Å². The zero-order chi connectivity index (χ0) is 60.8. The molecule has 9 N–H and O–H groups in total. The molecule has 2 aromatic carbocycles. The summed E-state index contributed by atoms with van der Waals surface area (Å²) in [7, 11) is 0. The van der Waals surface area contributed by atoms with Crippen LogP contribution in [0.4, 0.5) is 9.59 Å². The average molecular weight is 1210 g/mol. The molecule has 2 atom stereocenters. The number of aryl methyl sites for hydroxylation is 2. The van der Waals surface area contributed by atoms with Gasteiger partial charge in [0.2, 0.25) is 5.91 Å². The first-order valence-corrected chi connectivity index (χ1v) is 31.6. The molecule has 6 amide bonds. The zero-order valence-electron chi connectivity index (χ0n) is 50.6. The van der Waals surface area contributed by atoms with Crippen LogP contribution in [0.1, 0.15) is 170 Å². The summed E-state index contributed by atoms with van der Waals surface area (Å²) in [5.41, 5.74) is 2.75. The van der Waals surface area contributed by atoms with E-state index in [-0.39, 0.29) is 67.7 Å². The summed E-state index contributed by atoms with van der Waals surface area (Å²) in [5, 5.41) is 22.5. The van der Waals surface area contributed by atoms with Crippen molar-refractivity contribution in [3.05, 3.63) is 70.8 Å². The summed E-state index contributed by atoms with van der Waals surface area (Å²) in [6.45, 7) is 10.5. The molecule has 8 bridgehead atoms. The monoisotopic (exact) mass is 1210 g/mol. The van der Waals surface area contributed by atoms with E-state index in [2.05, 4.69) is 52.5 Å². The van der Waals surface area contributed by atoms with Crippen LogP contribution in [0.3, 0.4) is 0 Å². The Labute approximate surface area is 512 Å². The Morgan fingerprint density at radius 2 is 0.966 bits per heavy atom. The number of nitrogens with one attached hydrogen (secondary N) is 9. The van der Waals surface area contributed by atoms with Gasteiger partial charge in [-0.15, -0.1) is 0 Å². The highest BCUT2D eigenvalue weighted by molar-refractivity contribution is 5.98. The van der Waals surface area contributed by atoms with Crippen molar-refractivity contribution in [3.63, 3.8) is 0 Å². The fourth-order valence-electron chi connectivity index (χ4n) is 15.2. The van der Waals surface area contributed by atoms with Crippen LogP contribution in [0.15, 0.2) is 53.5 Å². The largest absolute Gasteiger partial charge is 0.461 e. The Bertz CT molecular complexity index is 2540.